The highest BCUT2D eigenvalue weighted by atomic mass is 127. The molecule has 132 valence electrons. The lowest BCUT2D eigenvalue weighted by atomic mass is 10.1. The van der Waals surface area contributed by atoms with Gasteiger partial charge >= 0.3 is 0 Å². The van der Waals surface area contributed by atoms with E-state index in [0.717, 1.165) is 35.9 Å². The third-order valence-corrected chi connectivity index (χ3v) is 5.02. The van der Waals surface area contributed by atoms with Crippen LogP contribution in [0.5, 0.6) is 0 Å². The molecule has 2 heterocycles. The van der Waals surface area contributed by atoms with E-state index < -0.39 is 0 Å². The number of aryl methyl sites for hydroxylation is 3. The third kappa shape index (κ3) is 4.02. The first-order valence-electron chi connectivity index (χ1n) is 8.50. The van der Waals surface area contributed by atoms with Gasteiger partial charge in [-0.1, -0.05) is 35.6 Å². The van der Waals surface area contributed by atoms with Crippen molar-refractivity contribution in [3.05, 3.63) is 46.0 Å². The summed E-state index contributed by atoms with van der Waals surface area (Å²) in [5.74, 6) is 0.418. The molecule has 0 bridgehead atoms. The van der Waals surface area contributed by atoms with Crippen LogP contribution in [0.3, 0.4) is 0 Å². The van der Waals surface area contributed by atoms with Crippen molar-refractivity contribution in [3.63, 3.8) is 0 Å². The molecule has 25 heavy (non-hydrogen) atoms. The lowest BCUT2D eigenvalue weighted by molar-refractivity contribution is 0.650. The molecule has 6 nitrogen and oxygen atoms in total. The second-order valence-corrected chi connectivity index (χ2v) is 7.12. The van der Waals surface area contributed by atoms with E-state index in [1.807, 2.05) is 10.6 Å². The first-order valence-corrected chi connectivity index (χ1v) is 10.0. The van der Waals surface area contributed by atoms with Crippen molar-refractivity contribution in [3.8, 4) is 0 Å². The highest BCUT2D eigenvalue weighted by Gasteiger charge is 2.11. The molecular formula is C18H22IN5O. The van der Waals surface area contributed by atoms with Crippen molar-refractivity contribution in [1.29, 1.82) is 0 Å². The van der Waals surface area contributed by atoms with Crippen LogP contribution in [0.15, 0.2) is 29.3 Å². The number of aromatic nitrogens is 4. The van der Waals surface area contributed by atoms with Gasteiger partial charge in [0, 0.05) is 12.2 Å². The van der Waals surface area contributed by atoms with E-state index in [4.69, 9.17) is 0 Å². The Kier molecular flexibility index (Phi) is 5.72. The predicted molar refractivity (Wildman–Crippen MR) is 110 cm³/mol. The summed E-state index contributed by atoms with van der Waals surface area (Å²) in [6.07, 6.45) is 4.81. The van der Waals surface area contributed by atoms with Gasteiger partial charge in [-0.3, -0.25) is 9.78 Å². The van der Waals surface area contributed by atoms with Gasteiger partial charge in [-0.25, -0.2) is 4.98 Å². The molecule has 0 aliphatic carbocycles. The van der Waals surface area contributed by atoms with Crippen LogP contribution in [0.2, 0.25) is 0 Å². The predicted octanol–water partition coefficient (Wildman–Crippen LogP) is 3.95. The van der Waals surface area contributed by atoms with Crippen molar-refractivity contribution >= 4 is 45.4 Å². The molecule has 0 spiro atoms. The maximum Gasteiger partial charge on any atom is 0.278 e. The number of H-pyrrole nitrogens is 1. The Morgan fingerprint density at radius 1 is 1.32 bits per heavy atom. The minimum atomic E-state index is -0.165. The topological polar surface area (TPSA) is 75.6 Å². The lowest BCUT2D eigenvalue weighted by Gasteiger charge is -2.09. The zero-order valence-corrected chi connectivity index (χ0v) is 16.6. The van der Waals surface area contributed by atoms with Gasteiger partial charge in [-0.2, -0.15) is 4.98 Å². The summed E-state index contributed by atoms with van der Waals surface area (Å²) in [7, 11) is 0. The number of hydrogen-bond acceptors (Lipinski definition) is 4. The molecule has 0 aliphatic rings. The number of alkyl halides is 1. The second-order valence-electron chi connectivity index (χ2n) is 6.04. The fraction of sp³-hybridized carbons (Fsp3) is 0.389. The van der Waals surface area contributed by atoms with Crippen molar-refractivity contribution < 1.29 is 0 Å². The van der Waals surface area contributed by atoms with Gasteiger partial charge in [-0.15, -0.1) is 0 Å². The Bertz CT molecular complexity index is 931. The minimum absolute atomic E-state index is 0.165. The van der Waals surface area contributed by atoms with Gasteiger partial charge in [0.25, 0.3) is 5.56 Å². The molecule has 3 rings (SSSR count). The summed E-state index contributed by atoms with van der Waals surface area (Å²) >= 11 is 2.36. The Morgan fingerprint density at radius 2 is 2.16 bits per heavy atom. The normalized spacial score (nSPS) is 11.2. The first-order chi connectivity index (χ1) is 12.1. The van der Waals surface area contributed by atoms with E-state index in [9.17, 15) is 4.79 Å². The number of anilines is 2. The van der Waals surface area contributed by atoms with Gasteiger partial charge in [-0.05, 0) is 53.9 Å². The SMILES string of the molecule is CCc1cc(Nc2nc3ncn(CCCCI)c3c(=O)[nH]2)ccc1C. The number of unbranched alkanes of at least 4 members (excludes halogenated alkanes) is 1. The fourth-order valence-corrected chi connectivity index (χ4v) is 3.40. The minimum Gasteiger partial charge on any atom is -0.326 e. The summed E-state index contributed by atoms with van der Waals surface area (Å²) in [5.41, 5.74) is 4.29. The molecule has 2 N–H and O–H groups in total. The standard InChI is InChI=1S/C18H22IN5O/c1-3-13-10-14(7-6-12(13)2)21-18-22-16-15(17(25)23-18)24(11-20-16)9-5-4-8-19/h6-7,10-11H,3-5,8-9H2,1-2H3,(H2,21,22,23,25). The van der Waals surface area contributed by atoms with Crippen LogP contribution in [-0.4, -0.2) is 23.9 Å². The lowest BCUT2D eigenvalue weighted by Crippen LogP contribution is -2.14. The molecule has 1 aromatic carbocycles. The molecular weight excluding hydrogens is 429 g/mol. The molecule has 0 atom stereocenters. The van der Waals surface area contributed by atoms with E-state index >= 15 is 0 Å². The maximum atomic E-state index is 12.5. The first kappa shape index (κ1) is 17.9. The number of halogens is 1. The quantitative estimate of drug-likeness (QED) is 0.324. The fourth-order valence-electron chi connectivity index (χ4n) is 2.86. The average Bonchev–Trinajstić information content (AvgIpc) is 3.00. The molecule has 0 saturated carbocycles. The number of aromatic amines is 1. The van der Waals surface area contributed by atoms with Crippen LogP contribution in [0.25, 0.3) is 11.2 Å². The molecule has 0 unspecified atom stereocenters. The summed E-state index contributed by atoms with van der Waals surface area (Å²) < 4.78 is 3.00. The van der Waals surface area contributed by atoms with E-state index in [0.29, 0.717) is 17.1 Å². The number of nitrogens with one attached hydrogen (secondary N) is 2. The number of fused-ring (bicyclic) bond motifs is 1. The smallest absolute Gasteiger partial charge is 0.278 e. The van der Waals surface area contributed by atoms with Crippen molar-refractivity contribution in [1.82, 2.24) is 19.5 Å². The number of imidazole rings is 1. The molecule has 2 aromatic heterocycles. The largest absolute Gasteiger partial charge is 0.326 e. The van der Waals surface area contributed by atoms with Gasteiger partial charge < -0.3 is 9.88 Å². The van der Waals surface area contributed by atoms with E-state index in [-0.39, 0.29) is 5.56 Å². The van der Waals surface area contributed by atoms with Crippen LogP contribution in [0.1, 0.15) is 30.9 Å². The summed E-state index contributed by atoms with van der Waals surface area (Å²) in [6, 6.07) is 6.14. The molecule has 3 aromatic rings. The summed E-state index contributed by atoms with van der Waals surface area (Å²) in [5, 5.41) is 3.18. The van der Waals surface area contributed by atoms with E-state index in [1.165, 1.54) is 11.1 Å². The Balaban J connectivity index is 1.87. The highest BCUT2D eigenvalue weighted by molar-refractivity contribution is 14.1. The molecule has 0 radical (unpaired) electrons. The van der Waals surface area contributed by atoms with Crippen molar-refractivity contribution in [2.75, 3.05) is 9.74 Å². The monoisotopic (exact) mass is 451 g/mol. The molecule has 7 heteroatoms. The van der Waals surface area contributed by atoms with Crippen LogP contribution >= 0.6 is 22.6 Å². The Hall–Kier alpha value is -1.90. The maximum absolute atomic E-state index is 12.5. The Morgan fingerprint density at radius 3 is 2.92 bits per heavy atom. The number of nitrogens with zero attached hydrogens (tertiary/aromatic N) is 3. The van der Waals surface area contributed by atoms with Crippen LogP contribution in [-0.2, 0) is 13.0 Å². The second kappa shape index (κ2) is 7.99. The summed E-state index contributed by atoms with van der Waals surface area (Å²) in [6.45, 7) is 5.01. The zero-order chi connectivity index (χ0) is 17.8. The third-order valence-electron chi connectivity index (χ3n) is 4.26. The zero-order valence-electron chi connectivity index (χ0n) is 14.5. The van der Waals surface area contributed by atoms with Gasteiger partial charge in [0.05, 0.1) is 6.33 Å². The summed E-state index contributed by atoms with van der Waals surface area (Å²) in [4.78, 5) is 24.1. The average molecular weight is 451 g/mol. The molecule has 0 fully saturated rings. The van der Waals surface area contributed by atoms with Crippen molar-refractivity contribution in [2.45, 2.75) is 39.7 Å². The van der Waals surface area contributed by atoms with Crippen LogP contribution in [0, 0.1) is 6.92 Å². The molecule has 0 amide bonds. The number of rotatable bonds is 7. The van der Waals surface area contributed by atoms with E-state index in [2.05, 4.69) is 68.8 Å². The van der Waals surface area contributed by atoms with Gasteiger partial charge in [0.2, 0.25) is 5.95 Å². The number of hydrogen-bond donors (Lipinski definition) is 2. The molecule has 0 aliphatic heterocycles. The van der Waals surface area contributed by atoms with Gasteiger partial charge in [0.1, 0.15) is 0 Å². The molecule has 0 saturated heterocycles. The van der Waals surface area contributed by atoms with Crippen LogP contribution in [0.4, 0.5) is 11.6 Å². The van der Waals surface area contributed by atoms with Crippen LogP contribution < -0.4 is 10.9 Å². The Labute approximate surface area is 160 Å². The van der Waals surface area contributed by atoms with Gasteiger partial charge in [0.15, 0.2) is 11.2 Å². The van der Waals surface area contributed by atoms with Crippen molar-refractivity contribution in [2.24, 2.45) is 0 Å². The van der Waals surface area contributed by atoms with E-state index in [1.54, 1.807) is 6.33 Å². The number of benzene rings is 1. The highest BCUT2D eigenvalue weighted by Crippen LogP contribution is 2.19.